The summed E-state index contributed by atoms with van der Waals surface area (Å²) in [6.45, 7) is 6.10. The summed E-state index contributed by atoms with van der Waals surface area (Å²) in [5.74, 6) is 0.431. The number of nitrogens with one attached hydrogen (secondary N) is 1. The first-order chi connectivity index (χ1) is 9.75. The molecule has 1 saturated heterocycles. The third-order valence-corrected chi connectivity index (χ3v) is 4.59. The number of alkyl halides is 3. The molecule has 5 atom stereocenters. The van der Waals surface area contributed by atoms with Gasteiger partial charge in [-0.15, -0.1) is 0 Å². The molecular formula is C16H22F3NO. The minimum absolute atomic E-state index is 0.0157. The molecule has 21 heavy (non-hydrogen) atoms. The lowest BCUT2D eigenvalue weighted by Crippen LogP contribution is -2.33. The molecule has 0 saturated carbocycles. The van der Waals surface area contributed by atoms with Crippen molar-refractivity contribution in [3.63, 3.8) is 0 Å². The average Bonchev–Trinajstić information content (AvgIpc) is 2.66. The molecule has 5 unspecified atom stereocenters. The van der Waals surface area contributed by atoms with Crippen LogP contribution in [0.25, 0.3) is 0 Å². The van der Waals surface area contributed by atoms with Crippen molar-refractivity contribution in [2.24, 2.45) is 11.8 Å². The third-order valence-electron chi connectivity index (χ3n) is 4.59. The Balaban J connectivity index is 2.34. The zero-order valence-corrected chi connectivity index (χ0v) is 12.7. The molecule has 0 aliphatic carbocycles. The van der Waals surface area contributed by atoms with E-state index < -0.39 is 11.7 Å². The summed E-state index contributed by atoms with van der Waals surface area (Å²) in [5.41, 5.74) is 0.0567. The highest BCUT2D eigenvalue weighted by atomic mass is 19.4. The molecular weight excluding hydrogens is 279 g/mol. The predicted octanol–water partition coefficient (Wildman–Crippen LogP) is 4.03. The first kappa shape index (κ1) is 16.3. The Kier molecular flexibility index (Phi) is 4.63. The van der Waals surface area contributed by atoms with E-state index in [4.69, 9.17) is 4.74 Å². The minimum atomic E-state index is -4.31. The van der Waals surface area contributed by atoms with Crippen LogP contribution in [-0.2, 0) is 10.9 Å². The molecule has 1 heterocycles. The summed E-state index contributed by atoms with van der Waals surface area (Å²) < 4.78 is 44.5. The molecule has 2 nitrogen and oxygen atoms in total. The number of hydrogen-bond donors (Lipinski definition) is 1. The number of ether oxygens (including phenoxy) is 1. The van der Waals surface area contributed by atoms with Gasteiger partial charge in [-0.05, 0) is 44.5 Å². The number of rotatable bonds is 3. The number of hydrogen-bond acceptors (Lipinski definition) is 2. The Morgan fingerprint density at radius 2 is 1.81 bits per heavy atom. The van der Waals surface area contributed by atoms with Crippen molar-refractivity contribution in [2.75, 3.05) is 7.05 Å². The fourth-order valence-corrected chi connectivity index (χ4v) is 3.36. The van der Waals surface area contributed by atoms with E-state index in [0.29, 0.717) is 5.56 Å². The summed E-state index contributed by atoms with van der Waals surface area (Å²) in [6.07, 6.45) is -4.18. The fourth-order valence-electron chi connectivity index (χ4n) is 3.36. The normalized spacial score (nSPS) is 31.4. The van der Waals surface area contributed by atoms with Crippen LogP contribution in [0.2, 0.25) is 0 Å². The third kappa shape index (κ3) is 3.24. The van der Waals surface area contributed by atoms with Crippen LogP contribution in [0.3, 0.4) is 0 Å². The van der Waals surface area contributed by atoms with Crippen LogP contribution >= 0.6 is 0 Å². The van der Waals surface area contributed by atoms with Crippen molar-refractivity contribution in [1.29, 1.82) is 0 Å². The molecule has 0 aromatic heterocycles. The van der Waals surface area contributed by atoms with Crippen LogP contribution in [0.5, 0.6) is 0 Å². The Morgan fingerprint density at radius 1 is 1.14 bits per heavy atom. The fraction of sp³-hybridized carbons (Fsp3) is 0.625. The van der Waals surface area contributed by atoms with Gasteiger partial charge in [0.2, 0.25) is 0 Å². The highest BCUT2D eigenvalue weighted by Gasteiger charge is 2.42. The van der Waals surface area contributed by atoms with Crippen LogP contribution < -0.4 is 5.32 Å². The molecule has 1 aliphatic rings. The van der Waals surface area contributed by atoms with Crippen molar-refractivity contribution in [3.8, 4) is 0 Å². The smallest absolute Gasteiger partial charge is 0.375 e. The molecule has 0 bridgehead atoms. The Hall–Kier alpha value is -1.07. The van der Waals surface area contributed by atoms with Gasteiger partial charge in [-0.25, -0.2) is 0 Å². The lowest BCUT2D eigenvalue weighted by Gasteiger charge is -2.29. The molecule has 2 rings (SSSR count). The van der Waals surface area contributed by atoms with E-state index in [0.717, 1.165) is 6.07 Å². The molecule has 1 aromatic carbocycles. The maximum absolute atomic E-state index is 12.9. The summed E-state index contributed by atoms with van der Waals surface area (Å²) in [5, 5.41) is 3.17. The maximum Gasteiger partial charge on any atom is 0.416 e. The molecule has 0 spiro atoms. The molecule has 1 aromatic rings. The maximum atomic E-state index is 12.9. The molecule has 1 aliphatic heterocycles. The standard InChI is InChI=1S/C16H22F3NO/c1-9-10(2)21-11(3)14(9)15(20-4)12-6-5-7-13(8-12)16(17,18)19/h5-11,14-15,20H,1-4H3. The summed E-state index contributed by atoms with van der Waals surface area (Å²) in [4.78, 5) is 0. The van der Waals surface area contributed by atoms with Crippen molar-refractivity contribution in [1.82, 2.24) is 5.32 Å². The van der Waals surface area contributed by atoms with Gasteiger partial charge in [0.05, 0.1) is 17.8 Å². The van der Waals surface area contributed by atoms with Crippen molar-refractivity contribution in [3.05, 3.63) is 35.4 Å². The second-order valence-electron chi connectivity index (χ2n) is 5.87. The van der Waals surface area contributed by atoms with Gasteiger partial charge >= 0.3 is 6.18 Å². The molecule has 118 valence electrons. The second-order valence-corrected chi connectivity index (χ2v) is 5.87. The largest absolute Gasteiger partial charge is 0.416 e. The topological polar surface area (TPSA) is 21.3 Å². The van der Waals surface area contributed by atoms with Crippen LogP contribution in [0.4, 0.5) is 13.2 Å². The van der Waals surface area contributed by atoms with Crippen molar-refractivity contribution in [2.45, 2.75) is 45.2 Å². The Morgan fingerprint density at radius 3 is 2.29 bits per heavy atom. The monoisotopic (exact) mass is 301 g/mol. The molecule has 0 radical (unpaired) electrons. The first-order valence-corrected chi connectivity index (χ1v) is 7.25. The first-order valence-electron chi connectivity index (χ1n) is 7.25. The van der Waals surface area contributed by atoms with Crippen LogP contribution in [-0.4, -0.2) is 19.3 Å². The zero-order valence-electron chi connectivity index (χ0n) is 12.7. The van der Waals surface area contributed by atoms with Gasteiger partial charge in [0.15, 0.2) is 0 Å². The molecule has 5 heteroatoms. The minimum Gasteiger partial charge on any atom is -0.375 e. The predicted molar refractivity (Wildman–Crippen MR) is 75.9 cm³/mol. The molecule has 1 N–H and O–H groups in total. The van der Waals surface area contributed by atoms with Gasteiger partial charge in [-0.2, -0.15) is 13.2 Å². The zero-order chi connectivity index (χ0) is 15.8. The van der Waals surface area contributed by atoms with Gasteiger partial charge in [0, 0.05) is 12.0 Å². The van der Waals surface area contributed by atoms with E-state index >= 15 is 0 Å². The molecule has 1 fully saturated rings. The van der Waals surface area contributed by atoms with Crippen LogP contribution in [0, 0.1) is 11.8 Å². The highest BCUT2D eigenvalue weighted by Crippen LogP contribution is 2.41. The Labute approximate surface area is 123 Å². The average molecular weight is 301 g/mol. The van der Waals surface area contributed by atoms with Gasteiger partial charge < -0.3 is 10.1 Å². The van der Waals surface area contributed by atoms with Crippen molar-refractivity contribution < 1.29 is 17.9 Å². The second kappa shape index (κ2) is 5.97. The van der Waals surface area contributed by atoms with Gasteiger partial charge in [0.25, 0.3) is 0 Å². The van der Waals surface area contributed by atoms with E-state index in [1.54, 1.807) is 13.1 Å². The molecule has 0 amide bonds. The van der Waals surface area contributed by atoms with E-state index in [2.05, 4.69) is 12.2 Å². The highest BCUT2D eigenvalue weighted by molar-refractivity contribution is 5.29. The van der Waals surface area contributed by atoms with E-state index in [9.17, 15) is 13.2 Å². The summed E-state index contributed by atoms with van der Waals surface area (Å²) in [6, 6.07) is 5.42. The quantitative estimate of drug-likeness (QED) is 0.910. The lowest BCUT2D eigenvalue weighted by atomic mass is 9.80. The van der Waals surface area contributed by atoms with Crippen LogP contribution in [0.1, 0.15) is 37.9 Å². The SMILES string of the molecule is CNC(c1cccc(C(F)(F)F)c1)C1C(C)OC(C)C1C. The lowest BCUT2D eigenvalue weighted by molar-refractivity contribution is -0.137. The van der Waals surface area contributed by atoms with E-state index in [1.165, 1.54) is 12.1 Å². The number of benzene rings is 1. The van der Waals surface area contributed by atoms with E-state index in [-0.39, 0.29) is 30.1 Å². The van der Waals surface area contributed by atoms with Crippen molar-refractivity contribution >= 4 is 0 Å². The van der Waals surface area contributed by atoms with Crippen LogP contribution in [0.15, 0.2) is 24.3 Å². The van der Waals surface area contributed by atoms with Gasteiger partial charge in [-0.1, -0.05) is 19.1 Å². The Bertz CT molecular complexity index is 489. The van der Waals surface area contributed by atoms with Gasteiger partial charge in [0.1, 0.15) is 0 Å². The van der Waals surface area contributed by atoms with Gasteiger partial charge in [-0.3, -0.25) is 0 Å². The number of halogens is 3. The summed E-state index contributed by atoms with van der Waals surface area (Å²) in [7, 11) is 1.79. The van der Waals surface area contributed by atoms with E-state index in [1.807, 2.05) is 13.8 Å². The summed E-state index contributed by atoms with van der Waals surface area (Å²) >= 11 is 0.